The Hall–Kier alpha value is -4.06. The van der Waals surface area contributed by atoms with E-state index in [2.05, 4.69) is 10.5 Å². The highest BCUT2D eigenvalue weighted by molar-refractivity contribution is 6.11. The average molecular weight is 411 g/mol. The molecule has 0 heterocycles. The molecule has 1 aliphatic carbocycles. The Balaban J connectivity index is 1.54. The van der Waals surface area contributed by atoms with Crippen LogP contribution in [0.15, 0.2) is 96.1 Å². The fourth-order valence-corrected chi connectivity index (χ4v) is 3.47. The first-order chi connectivity index (χ1) is 15.1. The van der Waals surface area contributed by atoms with Crippen LogP contribution in [0.2, 0.25) is 0 Å². The molecule has 0 unspecified atom stereocenters. The molecule has 1 fully saturated rings. The van der Waals surface area contributed by atoms with Crippen LogP contribution >= 0.6 is 0 Å². The number of hydrogen-bond acceptors (Lipinski definition) is 4. The third kappa shape index (κ3) is 5.11. The fourth-order valence-electron chi connectivity index (χ4n) is 3.47. The second-order valence-electron chi connectivity index (χ2n) is 7.38. The topological polar surface area (TPSA) is 84.6 Å². The summed E-state index contributed by atoms with van der Waals surface area (Å²) >= 11 is 0. The molecule has 2 atom stereocenters. The van der Waals surface area contributed by atoms with Crippen molar-refractivity contribution >= 4 is 23.4 Å². The summed E-state index contributed by atoms with van der Waals surface area (Å²) in [6, 6.07) is 25.8. The van der Waals surface area contributed by atoms with Crippen LogP contribution in [0.5, 0.6) is 0 Å². The first-order valence-corrected chi connectivity index (χ1v) is 10.0. The Labute approximate surface area is 180 Å². The third-order valence-electron chi connectivity index (χ3n) is 5.23. The van der Waals surface area contributed by atoms with Crippen molar-refractivity contribution in [1.82, 2.24) is 5.43 Å². The molecule has 3 aromatic carbocycles. The number of carbonyl (C=O) groups is 1. The number of nitro benzene ring substituents is 1. The van der Waals surface area contributed by atoms with Gasteiger partial charge in [-0.15, -0.1) is 0 Å². The molecule has 0 spiro atoms. The predicted octanol–water partition coefficient (Wildman–Crippen LogP) is 4.93. The van der Waals surface area contributed by atoms with Gasteiger partial charge in [0.25, 0.3) is 5.69 Å². The summed E-state index contributed by atoms with van der Waals surface area (Å²) in [7, 11) is 0. The number of nitro groups is 1. The van der Waals surface area contributed by atoms with Gasteiger partial charge in [0.15, 0.2) is 0 Å². The molecular formula is C25H21N3O3. The molecule has 1 N–H and O–H groups in total. The number of nitrogens with one attached hydrogen (secondary N) is 1. The van der Waals surface area contributed by atoms with E-state index in [0.29, 0.717) is 11.3 Å². The summed E-state index contributed by atoms with van der Waals surface area (Å²) in [6.07, 6.45) is 4.39. The monoisotopic (exact) mass is 411 g/mol. The smallest absolute Gasteiger partial charge is 0.270 e. The molecule has 6 nitrogen and oxygen atoms in total. The van der Waals surface area contributed by atoms with Crippen molar-refractivity contribution in [3.05, 3.63) is 118 Å². The Morgan fingerprint density at radius 3 is 2.42 bits per heavy atom. The molecule has 154 valence electrons. The number of carbonyl (C=O) groups excluding carboxylic acids is 1. The van der Waals surface area contributed by atoms with E-state index in [9.17, 15) is 14.9 Å². The number of non-ortho nitro benzene ring substituents is 1. The van der Waals surface area contributed by atoms with Crippen molar-refractivity contribution in [1.29, 1.82) is 0 Å². The Kier molecular flexibility index (Phi) is 5.98. The van der Waals surface area contributed by atoms with E-state index in [-0.39, 0.29) is 23.4 Å². The average Bonchev–Trinajstić information content (AvgIpc) is 3.61. The van der Waals surface area contributed by atoms with Crippen LogP contribution in [-0.4, -0.2) is 16.5 Å². The van der Waals surface area contributed by atoms with Gasteiger partial charge in [-0.25, -0.2) is 5.43 Å². The first-order valence-electron chi connectivity index (χ1n) is 10.0. The van der Waals surface area contributed by atoms with E-state index >= 15 is 0 Å². The lowest BCUT2D eigenvalue weighted by atomic mass is 10.1. The van der Waals surface area contributed by atoms with Crippen LogP contribution in [0.25, 0.3) is 6.08 Å². The number of benzene rings is 3. The molecule has 31 heavy (non-hydrogen) atoms. The van der Waals surface area contributed by atoms with Crippen molar-refractivity contribution in [2.75, 3.05) is 0 Å². The minimum atomic E-state index is -0.449. The molecule has 0 aromatic heterocycles. The molecule has 0 saturated heterocycles. The third-order valence-corrected chi connectivity index (χ3v) is 5.23. The Morgan fingerprint density at radius 1 is 1.00 bits per heavy atom. The number of allylic oxidation sites excluding steroid dienone is 1. The van der Waals surface area contributed by atoms with E-state index in [1.807, 2.05) is 66.7 Å². The predicted molar refractivity (Wildman–Crippen MR) is 121 cm³/mol. The van der Waals surface area contributed by atoms with Crippen molar-refractivity contribution in [3.8, 4) is 0 Å². The van der Waals surface area contributed by atoms with Crippen LogP contribution in [0, 0.1) is 16.0 Å². The molecule has 0 bridgehead atoms. The standard InChI is InChI=1S/C25H21N3O3/c29-25(23-17-22(23)19-10-5-2-6-11-19)27-26-24(15-14-18-8-3-1-4-9-18)20-12-7-13-21(16-20)28(30)31/h1-16,22-23H,17H2,(H,27,29)/b15-14+,26-24+/t22-,23-/m1/s1. The number of rotatable bonds is 7. The van der Waals surface area contributed by atoms with Crippen LogP contribution in [0.3, 0.4) is 0 Å². The van der Waals surface area contributed by atoms with Crippen LogP contribution < -0.4 is 5.43 Å². The van der Waals surface area contributed by atoms with Gasteiger partial charge in [0, 0.05) is 23.6 Å². The van der Waals surface area contributed by atoms with E-state index in [1.165, 1.54) is 12.1 Å². The summed E-state index contributed by atoms with van der Waals surface area (Å²) in [5, 5.41) is 15.5. The van der Waals surface area contributed by atoms with Gasteiger partial charge in [0.1, 0.15) is 0 Å². The SMILES string of the molecule is O=C(N/N=C(\C=C\c1ccccc1)c1cccc([N+](=O)[O-])c1)[C@@H]1C[C@@H]1c1ccccc1. The summed E-state index contributed by atoms with van der Waals surface area (Å²) in [5.41, 5.74) is 5.72. The molecular weight excluding hydrogens is 390 g/mol. The Bertz CT molecular complexity index is 1140. The van der Waals surface area contributed by atoms with Crippen LogP contribution in [-0.2, 0) is 4.79 Å². The number of hydrogen-bond donors (Lipinski definition) is 1. The lowest BCUT2D eigenvalue weighted by Crippen LogP contribution is -2.21. The largest absolute Gasteiger partial charge is 0.273 e. The Morgan fingerprint density at radius 2 is 1.71 bits per heavy atom. The summed E-state index contributed by atoms with van der Waals surface area (Å²) in [4.78, 5) is 23.3. The zero-order valence-corrected chi connectivity index (χ0v) is 16.7. The first kappa shape index (κ1) is 20.2. The van der Waals surface area contributed by atoms with Gasteiger partial charge in [-0.05, 0) is 29.5 Å². The zero-order chi connectivity index (χ0) is 21.6. The molecule has 1 saturated carbocycles. The van der Waals surface area contributed by atoms with E-state index < -0.39 is 4.92 Å². The highest BCUT2D eigenvalue weighted by Gasteiger charge is 2.43. The van der Waals surface area contributed by atoms with Crippen LogP contribution in [0.4, 0.5) is 5.69 Å². The van der Waals surface area contributed by atoms with Crippen molar-refractivity contribution in [3.63, 3.8) is 0 Å². The van der Waals surface area contributed by atoms with E-state index in [4.69, 9.17) is 0 Å². The van der Waals surface area contributed by atoms with Gasteiger partial charge in [0.05, 0.1) is 10.6 Å². The summed E-state index contributed by atoms with van der Waals surface area (Å²) < 4.78 is 0. The minimum Gasteiger partial charge on any atom is -0.273 e. The van der Waals surface area contributed by atoms with Crippen LogP contribution in [0.1, 0.15) is 29.0 Å². The highest BCUT2D eigenvalue weighted by Crippen LogP contribution is 2.47. The maximum atomic E-state index is 12.6. The minimum absolute atomic E-state index is 0.0315. The summed E-state index contributed by atoms with van der Waals surface area (Å²) in [6.45, 7) is 0. The van der Waals surface area contributed by atoms with E-state index in [0.717, 1.165) is 17.5 Å². The maximum absolute atomic E-state index is 12.6. The second kappa shape index (κ2) is 9.17. The second-order valence-corrected chi connectivity index (χ2v) is 7.38. The lowest BCUT2D eigenvalue weighted by Gasteiger charge is -2.05. The van der Waals surface area contributed by atoms with Gasteiger partial charge < -0.3 is 0 Å². The molecule has 1 amide bonds. The number of amides is 1. The molecule has 6 heteroatoms. The van der Waals surface area contributed by atoms with Gasteiger partial charge in [0.2, 0.25) is 5.91 Å². The van der Waals surface area contributed by atoms with Gasteiger partial charge >= 0.3 is 0 Å². The van der Waals surface area contributed by atoms with Crippen molar-refractivity contribution in [2.45, 2.75) is 12.3 Å². The fraction of sp³-hybridized carbons (Fsp3) is 0.120. The van der Waals surface area contributed by atoms with Crippen molar-refractivity contribution in [2.24, 2.45) is 11.0 Å². The molecule has 4 rings (SSSR count). The molecule has 0 aliphatic heterocycles. The molecule has 1 aliphatic rings. The number of hydrazone groups is 1. The van der Waals surface area contributed by atoms with E-state index in [1.54, 1.807) is 18.2 Å². The summed E-state index contributed by atoms with van der Waals surface area (Å²) in [5.74, 6) is -0.0574. The quantitative estimate of drug-likeness (QED) is 0.340. The lowest BCUT2D eigenvalue weighted by molar-refractivity contribution is -0.384. The van der Waals surface area contributed by atoms with Gasteiger partial charge in [-0.1, -0.05) is 78.9 Å². The molecule has 3 aromatic rings. The zero-order valence-electron chi connectivity index (χ0n) is 16.7. The number of nitrogens with zero attached hydrogens (tertiary/aromatic N) is 2. The van der Waals surface area contributed by atoms with Gasteiger partial charge in [-0.2, -0.15) is 5.10 Å². The van der Waals surface area contributed by atoms with Gasteiger partial charge in [-0.3, -0.25) is 14.9 Å². The highest BCUT2D eigenvalue weighted by atomic mass is 16.6. The maximum Gasteiger partial charge on any atom is 0.270 e. The van der Waals surface area contributed by atoms with Crippen molar-refractivity contribution < 1.29 is 9.72 Å². The molecule has 0 radical (unpaired) electrons. The normalized spacial score (nSPS) is 18.0.